The van der Waals surface area contributed by atoms with Crippen LogP contribution < -0.4 is 0 Å². The maximum atomic E-state index is 8.57. The van der Waals surface area contributed by atoms with Crippen LogP contribution in [0.15, 0.2) is 0 Å². The zero-order chi connectivity index (χ0) is 10.2. The fraction of sp³-hybridized carbons (Fsp3) is 0.909. The first-order valence-corrected chi connectivity index (χ1v) is 6.09. The summed E-state index contributed by atoms with van der Waals surface area (Å²) in [5, 5.41) is 8.57. The van der Waals surface area contributed by atoms with Crippen molar-refractivity contribution >= 4 is 24.0 Å². The van der Waals surface area contributed by atoms with Crippen LogP contribution in [0, 0.1) is 11.3 Å². The molecule has 2 nitrogen and oxygen atoms in total. The summed E-state index contributed by atoms with van der Waals surface area (Å²) in [5.41, 5.74) is 0. The van der Waals surface area contributed by atoms with E-state index in [0.717, 1.165) is 13.1 Å². The molecule has 15 heavy (non-hydrogen) atoms. The lowest BCUT2D eigenvalue weighted by Crippen LogP contribution is -2.38. The lowest BCUT2D eigenvalue weighted by atomic mass is 9.94. The van der Waals surface area contributed by atoms with Gasteiger partial charge in [0.15, 0.2) is 0 Å². The number of rotatable bonds is 5. The van der Waals surface area contributed by atoms with Crippen molar-refractivity contribution in [2.75, 3.05) is 19.0 Å². The van der Waals surface area contributed by atoms with Crippen molar-refractivity contribution in [1.82, 2.24) is 4.90 Å². The molecule has 1 fully saturated rings. The molecule has 1 aliphatic carbocycles. The number of hydrogen-bond donors (Lipinski definition) is 0. The van der Waals surface area contributed by atoms with E-state index in [9.17, 15) is 0 Å². The Morgan fingerprint density at radius 1 is 1.20 bits per heavy atom. The highest BCUT2D eigenvalue weighted by molar-refractivity contribution is 6.18. The van der Waals surface area contributed by atoms with Gasteiger partial charge in [0, 0.05) is 31.4 Å². The zero-order valence-corrected chi connectivity index (χ0v) is 10.7. The maximum Gasteiger partial charge on any atom is 0.0635 e. The number of hydrogen-bond acceptors (Lipinski definition) is 2. The SMILES string of the molecule is Cl.N#CCCN(CCCl)C1CCCCC1. The van der Waals surface area contributed by atoms with Crippen molar-refractivity contribution in [2.24, 2.45) is 0 Å². The Kier molecular flexibility index (Phi) is 9.29. The smallest absolute Gasteiger partial charge is 0.0635 e. The second-order valence-electron chi connectivity index (χ2n) is 3.92. The van der Waals surface area contributed by atoms with Gasteiger partial charge >= 0.3 is 0 Å². The molecule has 0 aromatic rings. The molecule has 1 aliphatic rings. The fourth-order valence-electron chi connectivity index (χ4n) is 2.23. The van der Waals surface area contributed by atoms with Gasteiger partial charge in [0.1, 0.15) is 0 Å². The monoisotopic (exact) mass is 250 g/mol. The van der Waals surface area contributed by atoms with Crippen LogP contribution in [0.25, 0.3) is 0 Å². The van der Waals surface area contributed by atoms with Gasteiger partial charge in [-0.1, -0.05) is 19.3 Å². The minimum absolute atomic E-state index is 0. The molecule has 0 aromatic heterocycles. The Labute approximate surface area is 104 Å². The van der Waals surface area contributed by atoms with Crippen LogP contribution in [0.5, 0.6) is 0 Å². The quantitative estimate of drug-likeness (QED) is 0.701. The minimum Gasteiger partial charge on any atom is -0.298 e. The molecule has 0 bridgehead atoms. The average molecular weight is 251 g/mol. The molecule has 0 radical (unpaired) electrons. The summed E-state index contributed by atoms with van der Waals surface area (Å²) in [6.45, 7) is 1.84. The third-order valence-electron chi connectivity index (χ3n) is 2.97. The second-order valence-corrected chi connectivity index (χ2v) is 4.30. The largest absolute Gasteiger partial charge is 0.298 e. The molecule has 0 unspecified atom stereocenters. The van der Waals surface area contributed by atoms with Crippen LogP contribution in [-0.4, -0.2) is 29.9 Å². The van der Waals surface area contributed by atoms with E-state index in [1.54, 1.807) is 0 Å². The number of nitrogens with zero attached hydrogens (tertiary/aromatic N) is 2. The van der Waals surface area contributed by atoms with Crippen molar-refractivity contribution in [3.05, 3.63) is 0 Å². The van der Waals surface area contributed by atoms with Gasteiger partial charge < -0.3 is 0 Å². The Bertz CT molecular complexity index is 186. The number of alkyl halides is 1. The normalized spacial score (nSPS) is 17.1. The van der Waals surface area contributed by atoms with E-state index in [1.165, 1.54) is 32.1 Å². The van der Waals surface area contributed by atoms with Crippen LogP contribution in [0.1, 0.15) is 38.5 Å². The van der Waals surface area contributed by atoms with E-state index < -0.39 is 0 Å². The molecular weight excluding hydrogens is 231 g/mol. The van der Waals surface area contributed by atoms with E-state index in [0.29, 0.717) is 18.3 Å². The summed E-state index contributed by atoms with van der Waals surface area (Å²) in [4.78, 5) is 2.40. The van der Waals surface area contributed by atoms with Gasteiger partial charge in [-0.2, -0.15) is 5.26 Å². The summed E-state index contributed by atoms with van der Waals surface area (Å²) in [5.74, 6) is 0.682. The van der Waals surface area contributed by atoms with E-state index in [4.69, 9.17) is 16.9 Å². The lowest BCUT2D eigenvalue weighted by Gasteiger charge is -2.33. The molecule has 0 N–H and O–H groups in total. The van der Waals surface area contributed by atoms with E-state index in [1.807, 2.05) is 0 Å². The van der Waals surface area contributed by atoms with Gasteiger partial charge in [-0.25, -0.2) is 0 Å². The van der Waals surface area contributed by atoms with Gasteiger partial charge in [0.2, 0.25) is 0 Å². The van der Waals surface area contributed by atoms with Crippen molar-refractivity contribution in [2.45, 2.75) is 44.6 Å². The van der Waals surface area contributed by atoms with E-state index in [2.05, 4.69) is 11.0 Å². The Morgan fingerprint density at radius 3 is 2.40 bits per heavy atom. The standard InChI is InChI=1S/C11H19ClN2.ClH/c12-7-10-14(9-4-8-13)11-5-2-1-3-6-11;/h11H,1-7,9-10H2;1H. The van der Waals surface area contributed by atoms with Gasteiger partial charge in [0.05, 0.1) is 6.07 Å². The van der Waals surface area contributed by atoms with Crippen molar-refractivity contribution in [1.29, 1.82) is 5.26 Å². The first-order valence-electron chi connectivity index (χ1n) is 5.55. The summed E-state index contributed by atoms with van der Waals surface area (Å²) >= 11 is 5.77. The minimum atomic E-state index is 0. The van der Waals surface area contributed by atoms with Crippen molar-refractivity contribution < 1.29 is 0 Å². The molecule has 0 amide bonds. The first kappa shape index (κ1) is 15.0. The van der Waals surface area contributed by atoms with Crippen LogP contribution >= 0.6 is 24.0 Å². The summed E-state index contributed by atoms with van der Waals surface area (Å²) in [6, 6.07) is 2.90. The molecule has 88 valence electrons. The molecule has 0 atom stereocenters. The molecule has 0 heterocycles. The van der Waals surface area contributed by atoms with Crippen molar-refractivity contribution in [3.8, 4) is 6.07 Å². The van der Waals surface area contributed by atoms with Gasteiger partial charge in [-0.15, -0.1) is 24.0 Å². The molecule has 0 aliphatic heterocycles. The Morgan fingerprint density at radius 2 is 1.87 bits per heavy atom. The van der Waals surface area contributed by atoms with Gasteiger partial charge in [0.25, 0.3) is 0 Å². The van der Waals surface area contributed by atoms with Crippen LogP contribution in [0.4, 0.5) is 0 Å². The van der Waals surface area contributed by atoms with Crippen LogP contribution in [0.3, 0.4) is 0 Å². The fourth-order valence-corrected chi connectivity index (χ4v) is 2.44. The number of nitriles is 1. The predicted octanol–water partition coefficient (Wildman–Crippen LogP) is 3.20. The molecule has 1 saturated carbocycles. The average Bonchev–Trinajstić information content (AvgIpc) is 2.25. The van der Waals surface area contributed by atoms with Crippen LogP contribution in [-0.2, 0) is 0 Å². The molecule has 0 saturated heterocycles. The zero-order valence-electron chi connectivity index (χ0n) is 9.12. The number of halogens is 2. The Balaban J connectivity index is 0.00000196. The highest BCUT2D eigenvalue weighted by Crippen LogP contribution is 2.22. The lowest BCUT2D eigenvalue weighted by molar-refractivity contribution is 0.168. The molecule has 1 rings (SSSR count). The highest BCUT2D eigenvalue weighted by Gasteiger charge is 2.19. The topological polar surface area (TPSA) is 27.0 Å². The first-order chi connectivity index (χ1) is 6.88. The van der Waals surface area contributed by atoms with Gasteiger partial charge in [-0.3, -0.25) is 4.90 Å². The third-order valence-corrected chi connectivity index (χ3v) is 3.14. The maximum absolute atomic E-state index is 8.57. The molecule has 4 heteroatoms. The third kappa shape index (κ3) is 5.61. The van der Waals surface area contributed by atoms with Gasteiger partial charge in [-0.05, 0) is 12.8 Å². The van der Waals surface area contributed by atoms with E-state index >= 15 is 0 Å². The predicted molar refractivity (Wildman–Crippen MR) is 66.6 cm³/mol. The highest BCUT2D eigenvalue weighted by atomic mass is 35.5. The van der Waals surface area contributed by atoms with Crippen LogP contribution in [0.2, 0.25) is 0 Å². The molecule has 0 aromatic carbocycles. The van der Waals surface area contributed by atoms with E-state index in [-0.39, 0.29) is 12.4 Å². The second kappa shape index (κ2) is 9.27. The summed E-state index contributed by atoms with van der Waals surface area (Å²) < 4.78 is 0. The summed E-state index contributed by atoms with van der Waals surface area (Å²) in [7, 11) is 0. The molecule has 0 spiro atoms. The Hall–Kier alpha value is 0.0300. The van der Waals surface area contributed by atoms with Crippen molar-refractivity contribution in [3.63, 3.8) is 0 Å². The summed E-state index contributed by atoms with van der Waals surface area (Å²) in [6.07, 6.45) is 7.29. The molecular formula is C11H20Cl2N2.